The second kappa shape index (κ2) is 9.45. The van der Waals surface area contributed by atoms with Gasteiger partial charge < -0.3 is 5.73 Å². The normalized spacial score (nSPS) is 18.8. The first kappa shape index (κ1) is 19.4. The van der Waals surface area contributed by atoms with E-state index in [-0.39, 0.29) is 18.3 Å². The van der Waals surface area contributed by atoms with Gasteiger partial charge in [-0.1, -0.05) is 0 Å². The highest BCUT2D eigenvalue weighted by Gasteiger charge is 2.21. The number of carbonyl (C=O) groups excluding carboxylic acids is 1. The minimum atomic E-state index is 0. The second-order valence-electron chi connectivity index (χ2n) is 5.71. The van der Waals surface area contributed by atoms with Gasteiger partial charge in [-0.25, -0.2) is 4.98 Å². The molecule has 0 aliphatic carbocycles. The van der Waals surface area contributed by atoms with Crippen LogP contribution >= 0.6 is 23.7 Å². The molecule has 22 heavy (non-hydrogen) atoms. The third-order valence-corrected chi connectivity index (χ3v) is 4.94. The van der Waals surface area contributed by atoms with Crippen LogP contribution in [0, 0.1) is 5.92 Å². The summed E-state index contributed by atoms with van der Waals surface area (Å²) in [5.41, 5.74) is 6.74. The first-order valence-electron chi connectivity index (χ1n) is 7.79. The molecule has 1 unspecified atom stereocenters. The van der Waals surface area contributed by atoms with Gasteiger partial charge in [0.2, 0.25) is 5.91 Å². The summed E-state index contributed by atoms with van der Waals surface area (Å²) >= 11 is 1.56. The van der Waals surface area contributed by atoms with Gasteiger partial charge in [-0.2, -0.15) is 0 Å². The Morgan fingerprint density at radius 2 is 2.36 bits per heavy atom. The van der Waals surface area contributed by atoms with Crippen LogP contribution in [0.5, 0.6) is 0 Å². The Balaban J connectivity index is 0.00000242. The number of rotatable bonds is 6. The Morgan fingerprint density at radius 3 is 3.00 bits per heavy atom. The zero-order valence-electron chi connectivity index (χ0n) is 13.5. The molecule has 1 atom stereocenters. The van der Waals surface area contributed by atoms with Gasteiger partial charge in [-0.15, -0.1) is 23.7 Å². The monoisotopic (exact) mass is 346 g/mol. The molecule has 126 valence electrons. The summed E-state index contributed by atoms with van der Waals surface area (Å²) in [6.45, 7) is 8.16. The van der Waals surface area contributed by atoms with Crippen molar-refractivity contribution in [3.05, 3.63) is 11.1 Å². The SMILES string of the molecule is CCN(C(C)=O)c1nc(CN2CCCC(CCN)C2)cs1.Cl. The topological polar surface area (TPSA) is 62.5 Å². The lowest BCUT2D eigenvalue weighted by atomic mass is 9.95. The van der Waals surface area contributed by atoms with Gasteiger partial charge >= 0.3 is 0 Å². The number of halogens is 1. The van der Waals surface area contributed by atoms with Crippen LogP contribution in [0.3, 0.4) is 0 Å². The molecule has 1 aromatic heterocycles. The summed E-state index contributed by atoms with van der Waals surface area (Å²) < 4.78 is 0. The number of nitrogens with two attached hydrogens (primary N) is 1. The maximum atomic E-state index is 11.6. The van der Waals surface area contributed by atoms with Crippen molar-refractivity contribution in [1.29, 1.82) is 0 Å². The van der Waals surface area contributed by atoms with E-state index in [2.05, 4.69) is 15.3 Å². The Hall–Kier alpha value is -0.690. The molecule has 2 N–H and O–H groups in total. The smallest absolute Gasteiger partial charge is 0.225 e. The van der Waals surface area contributed by atoms with Crippen LogP contribution in [0.15, 0.2) is 5.38 Å². The summed E-state index contributed by atoms with van der Waals surface area (Å²) in [5.74, 6) is 0.783. The molecule has 1 aromatic rings. The van der Waals surface area contributed by atoms with Gasteiger partial charge in [-0.3, -0.25) is 14.6 Å². The lowest BCUT2D eigenvalue weighted by Crippen LogP contribution is -2.35. The largest absolute Gasteiger partial charge is 0.330 e. The van der Waals surface area contributed by atoms with E-state index in [9.17, 15) is 4.79 Å². The van der Waals surface area contributed by atoms with E-state index in [4.69, 9.17) is 5.73 Å². The second-order valence-corrected chi connectivity index (χ2v) is 6.54. The summed E-state index contributed by atoms with van der Waals surface area (Å²) in [6.07, 6.45) is 3.66. The van der Waals surface area contributed by atoms with Gasteiger partial charge in [0.1, 0.15) is 0 Å². The van der Waals surface area contributed by atoms with Gasteiger partial charge in [0.05, 0.1) is 5.69 Å². The van der Waals surface area contributed by atoms with E-state index < -0.39 is 0 Å². The average Bonchev–Trinajstić information content (AvgIpc) is 2.88. The summed E-state index contributed by atoms with van der Waals surface area (Å²) in [7, 11) is 0. The quantitative estimate of drug-likeness (QED) is 0.859. The summed E-state index contributed by atoms with van der Waals surface area (Å²) in [6, 6.07) is 0. The van der Waals surface area contributed by atoms with Crippen molar-refractivity contribution in [3.8, 4) is 0 Å². The minimum Gasteiger partial charge on any atom is -0.330 e. The fourth-order valence-corrected chi connectivity index (χ4v) is 3.90. The van der Waals surface area contributed by atoms with Crippen molar-refractivity contribution in [3.63, 3.8) is 0 Å². The lowest BCUT2D eigenvalue weighted by Gasteiger charge is -2.32. The standard InChI is InChI=1S/C15H26N4OS.ClH/c1-3-19(12(2)20)15-17-14(11-21-15)10-18-8-4-5-13(9-18)6-7-16;/h11,13H,3-10,16H2,1-2H3;1H. The van der Waals surface area contributed by atoms with Crippen LogP contribution in [0.1, 0.15) is 38.8 Å². The van der Waals surface area contributed by atoms with Crippen molar-refractivity contribution in [2.75, 3.05) is 31.1 Å². The number of likely N-dealkylation sites (tertiary alicyclic amines) is 1. The Kier molecular flexibility index (Phi) is 8.31. The molecule has 1 saturated heterocycles. The number of hydrogen-bond acceptors (Lipinski definition) is 5. The molecule has 0 radical (unpaired) electrons. The van der Waals surface area contributed by atoms with Crippen molar-refractivity contribution < 1.29 is 4.79 Å². The van der Waals surface area contributed by atoms with Gasteiger partial charge in [0, 0.05) is 31.9 Å². The van der Waals surface area contributed by atoms with Crippen LogP contribution in [-0.2, 0) is 11.3 Å². The van der Waals surface area contributed by atoms with E-state index >= 15 is 0 Å². The molecule has 1 fully saturated rings. The summed E-state index contributed by atoms with van der Waals surface area (Å²) in [4.78, 5) is 20.4. The van der Waals surface area contributed by atoms with Crippen molar-refractivity contribution in [2.24, 2.45) is 11.7 Å². The highest BCUT2D eigenvalue weighted by atomic mass is 35.5. The van der Waals surface area contributed by atoms with Crippen LogP contribution in [0.2, 0.25) is 0 Å². The molecular formula is C15H27ClN4OS. The molecule has 1 amide bonds. The molecule has 0 bridgehead atoms. The molecule has 1 aliphatic heterocycles. The van der Waals surface area contributed by atoms with Crippen molar-refractivity contribution in [2.45, 2.75) is 39.7 Å². The zero-order chi connectivity index (χ0) is 15.2. The Bertz CT molecular complexity index is 466. The Morgan fingerprint density at radius 1 is 1.59 bits per heavy atom. The van der Waals surface area contributed by atoms with Crippen LogP contribution < -0.4 is 10.6 Å². The van der Waals surface area contributed by atoms with E-state index in [1.807, 2.05) is 6.92 Å². The lowest BCUT2D eigenvalue weighted by molar-refractivity contribution is -0.116. The zero-order valence-corrected chi connectivity index (χ0v) is 15.1. The maximum Gasteiger partial charge on any atom is 0.225 e. The number of nitrogens with zero attached hydrogens (tertiary/aromatic N) is 3. The highest BCUT2D eigenvalue weighted by molar-refractivity contribution is 7.14. The number of amides is 1. The van der Waals surface area contributed by atoms with Crippen LogP contribution in [-0.4, -0.2) is 42.0 Å². The molecule has 0 aromatic carbocycles. The third kappa shape index (κ3) is 5.19. The minimum absolute atomic E-state index is 0. The Labute approximate surface area is 143 Å². The van der Waals surface area contributed by atoms with Crippen molar-refractivity contribution >= 4 is 34.8 Å². The number of anilines is 1. The number of thiazole rings is 1. The molecular weight excluding hydrogens is 320 g/mol. The van der Waals surface area contributed by atoms with E-state index in [0.29, 0.717) is 6.54 Å². The first-order valence-corrected chi connectivity index (χ1v) is 8.67. The van der Waals surface area contributed by atoms with E-state index in [1.54, 1.807) is 23.2 Å². The molecule has 2 rings (SSSR count). The molecule has 0 saturated carbocycles. The molecule has 0 spiro atoms. The molecule has 1 aliphatic rings. The number of hydrogen-bond donors (Lipinski definition) is 1. The fraction of sp³-hybridized carbons (Fsp3) is 0.733. The third-order valence-electron chi connectivity index (χ3n) is 4.03. The number of carbonyl (C=O) groups is 1. The van der Waals surface area contributed by atoms with E-state index in [1.165, 1.54) is 12.8 Å². The van der Waals surface area contributed by atoms with Crippen molar-refractivity contribution in [1.82, 2.24) is 9.88 Å². The first-order chi connectivity index (χ1) is 10.1. The van der Waals surface area contributed by atoms with Gasteiger partial charge in [0.25, 0.3) is 0 Å². The van der Waals surface area contributed by atoms with E-state index in [0.717, 1.165) is 49.3 Å². The predicted molar refractivity (Wildman–Crippen MR) is 94.7 cm³/mol. The van der Waals surface area contributed by atoms with Gasteiger partial charge in [-0.05, 0) is 45.2 Å². The molecule has 7 heteroatoms. The summed E-state index contributed by atoms with van der Waals surface area (Å²) in [5, 5.41) is 2.89. The molecule has 2 heterocycles. The van der Waals surface area contributed by atoms with Crippen LogP contribution in [0.25, 0.3) is 0 Å². The van der Waals surface area contributed by atoms with Crippen LogP contribution in [0.4, 0.5) is 5.13 Å². The van der Waals surface area contributed by atoms with Gasteiger partial charge in [0.15, 0.2) is 5.13 Å². The highest BCUT2D eigenvalue weighted by Crippen LogP contribution is 2.24. The molecule has 5 nitrogen and oxygen atoms in total. The average molecular weight is 347 g/mol. The fourth-order valence-electron chi connectivity index (χ4n) is 2.98. The number of aromatic nitrogens is 1. The predicted octanol–water partition coefficient (Wildman–Crippen LogP) is 2.50. The maximum absolute atomic E-state index is 11.6. The number of piperidine rings is 1.